The highest BCUT2D eigenvalue weighted by Gasteiger charge is 2.07. The van der Waals surface area contributed by atoms with Crippen LogP contribution < -0.4 is 5.32 Å². The number of benzene rings is 1. The molecule has 0 aliphatic carbocycles. The third kappa shape index (κ3) is 3.06. The van der Waals surface area contributed by atoms with Crippen LogP contribution in [0.25, 0.3) is 17.0 Å². The van der Waals surface area contributed by atoms with Crippen LogP contribution in [0, 0.1) is 0 Å². The van der Waals surface area contributed by atoms with Gasteiger partial charge >= 0.3 is 0 Å². The Morgan fingerprint density at radius 2 is 2.00 bits per heavy atom. The number of hydrogen-bond donors (Lipinski definition) is 2. The van der Waals surface area contributed by atoms with Crippen LogP contribution >= 0.6 is 0 Å². The number of piperazine rings is 1. The lowest BCUT2D eigenvalue weighted by Gasteiger charge is -2.26. The number of aromatic nitrogens is 1. The van der Waals surface area contributed by atoms with Crippen molar-refractivity contribution in [3.63, 3.8) is 0 Å². The SMILES string of the molecule is C(=C\c1c[nH]c2ccccc12)/CCN1CCNCC1. The minimum absolute atomic E-state index is 1.12. The molecule has 1 saturated heterocycles. The highest BCUT2D eigenvalue weighted by molar-refractivity contribution is 5.88. The molecule has 2 aromatic rings. The second-order valence-electron chi connectivity index (χ2n) is 5.07. The fourth-order valence-electron chi connectivity index (χ4n) is 2.63. The smallest absolute Gasteiger partial charge is 0.0460 e. The highest BCUT2D eigenvalue weighted by atomic mass is 15.2. The third-order valence-electron chi connectivity index (χ3n) is 3.74. The van der Waals surface area contributed by atoms with Gasteiger partial charge in [0.25, 0.3) is 0 Å². The molecule has 1 aromatic heterocycles. The normalized spacial score (nSPS) is 17.5. The fourth-order valence-corrected chi connectivity index (χ4v) is 2.63. The molecule has 0 unspecified atom stereocenters. The molecule has 1 aromatic carbocycles. The minimum atomic E-state index is 1.12. The summed E-state index contributed by atoms with van der Waals surface area (Å²) in [6, 6.07) is 8.44. The molecule has 0 amide bonds. The molecule has 2 N–H and O–H groups in total. The van der Waals surface area contributed by atoms with E-state index in [2.05, 4.69) is 57.8 Å². The first-order chi connectivity index (χ1) is 9.43. The van der Waals surface area contributed by atoms with Crippen molar-refractivity contribution in [2.75, 3.05) is 32.7 Å². The Kier molecular flexibility index (Phi) is 3.96. The monoisotopic (exact) mass is 255 g/mol. The van der Waals surface area contributed by atoms with Crippen LogP contribution in [0.2, 0.25) is 0 Å². The van der Waals surface area contributed by atoms with Gasteiger partial charge in [0.05, 0.1) is 0 Å². The van der Waals surface area contributed by atoms with Crippen molar-refractivity contribution in [1.82, 2.24) is 15.2 Å². The molecular weight excluding hydrogens is 234 g/mol. The Morgan fingerprint density at radius 1 is 1.16 bits per heavy atom. The number of H-pyrrole nitrogens is 1. The molecule has 19 heavy (non-hydrogen) atoms. The first-order valence-electron chi connectivity index (χ1n) is 7.09. The highest BCUT2D eigenvalue weighted by Crippen LogP contribution is 2.18. The van der Waals surface area contributed by atoms with E-state index >= 15 is 0 Å². The van der Waals surface area contributed by atoms with E-state index in [1.54, 1.807) is 0 Å². The predicted molar refractivity (Wildman–Crippen MR) is 81.3 cm³/mol. The molecular formula is C16H21N3. The second-order valence-corrected chi connectivity index (χ2v) is 5.07. The van der Waals surface area contributed by atoms with Crippen LogP contribution in [0.1, 0.15) is 12.0 Å². The number of nitrogens with zero attached hydrogens (tertiary/aromatic N) is 1. The van der Waals surface area contributed by atoms with Gasteiger partial charge in [0.15, 0.2) is 0 Å². The van der Waals surface area contributed by atoms with E-state index in [0.717, 1.165) is 19.5 Å². The van der Waals surface area contributed by atoms with E-state index in [4.69, 9.17) is 0 Å². The Labute approximate surface area is 114 Å². The fraction of sp³-hybridized carbons (Fsp3) is 0.375. The number of rotatable bonds is 4. The molecule has 100 valence electrons. The van der Waals surface area contributed by atoms with Crippen LogP contribution in [0.3, 0.4) is 0 Å². The average molecular weight is 255 g/mol. The van der Waals surface area contributed by atoms with Crippen LogP contribution in [-0.2, 0) is 0 Å². The van der Waals surface area contributed by atoms with Gasteiger partial charge in [-0.05, 0) is 18.1 Å². The molecule has 1 aliphatic heterocycles. The van der Waals surface area contributed by atoms with Crippen molar-refractivity contribution in [2.24, 2.45) is 0 Å². The van der Waals surface area contributed by atoms with Gasteiger partial charge in [0.2, 0.25) is 0 Å². The van der Waals surface area contributed by atoms with Crippen LogP contribution in [0.5, 0.6) is 0 Å². The zero-order chi connectivity index (χ0) is 12.9. The molecule has 3 heteroatoms. The molecule has 3 rings (SSSR count). The molecule has 0 atom stereocenters. The summed E-state index contributed by atoms with van der Waals surface area (Å²) in [7, 11) is 0. The summed E-state index contributed by atoms with van der Waals surface area (Å²) in [6.07, 6.45) is 7.74. The topological polar surface area (TPSA) is 31.1 Å². The Hall–Kier alpha value is -1.58. The van der Waals surface area contributed by atoms with Crippen LogP contribution in [0.4, 0.5) is 0 Å². The number of hydrogen-bond acceptors (Lipinski definition) is 2. The van der Waals surface area contributed by atoms with Crippen molar-refractivity contribution in [3.8, 4) is 0 Å². The van der Waals surface area contributed by atoms with Gasteiger partial charge in [0, 0.05) is 49.8 Å². The lowest BCUT2D eigenvalue weighted by molar-refractivity contribution is 0.245. The van der Waals surface area contributed by atoms with Gasteiger partial charge in [-0.2, -0.15) is 0 Å². The van der Waals surface area contributed by atoms with Crippen molar-refractivity contribution in [3.05, 3.63) is 42.1 Å². The predicted octanol–water partition coefficient (Wildman–Crippen LogP) is 2.48. The standard InChI is InChI=1S/C16H21N3/c1-2-7-16-15(6-1)14(13-18-16)5-3-4-10-19-11-8-17-9-12-19/h1-3,5-7,13,17-18H,4,8-12H2/b5-3+. The van der Waals surface area contributed by atoms with Gasteiger partial charge in [0.1, 0.15) is 0 Å². The average Bonchev–Trinajstić information content (AvgIpc) is 2.88. The zero-order valence-electron chi connectivity index (χ0n) is 11.2. The Morgan fingerprint density at radius 3 is 2.89 bits per heavy atom. The molecule has 1 fully saturated rings. The number of nitrogens with one attached hydrogen (secondary N) is 2. The summed E-state index contributed by atoms with van der Waals surface area (Å²) in [6.45, 7) is 5.79. The molecule has 3 nitrogen and oxygen atoms in total. The Bertz CT molecular complexity index is 550. The molecule has 0 saturated carbocycles. The number of para-hydroxylation sites is 1. The summed E-state index contributed by atoms with van der Waals surface area (Å²) < 4.78 is 0. The first-order valence-corrected chi connectivity index (χ1v) is 7.09. The van der Waals surface area contributed by atoms with E-state index in [9.17, 15) is 0 Å². The summed E-state index contributed by atoms with van der Waals surface area (Å²) in [5.74, 6) is 0. The van der Waals surface area contributed by atoms with Crippen molar-refractivity contribution in [2.45, 2.75) is 6.42 Å². The lowest BCUT2D eigenvalue weighted by atomic mass is 10.1. The van der Waals surface area contributed by atoms with E-state index in [0.29, 0.717) is 0 Å². The van der Waals surface area contributed by atoms with E-state index in [1.165, 1.54) is 36.1 Å². The van der Waals surface area contributed by atoms with Crippen LogP contribution in [0.15, 0.2) is 36.5 Å². The summed E-state index contributed by atoms with van der Waals surface area (Å²) in [5, 5.41) is 4.69. The van der Waals surface area contributed by atoms with Crippen LogP contribution in [-0.4, -0.2) is 42.6 Å². The summed E-state index contributed by atoms with van der Waals surface area (Å²) >= 11 is 0. The van der Waals surface area contributed by atoms with E-state index in [-0.39, 0.29) is 0 Å². The van der Waals surface area contributed by atoms with E-state index in [1.807, 2.05) is 0 Å². The molecule has 2 heterocycles. The number of fused-ring (bicyclic) bond motifs is 1. The second kappa shape index (κ2) is 6.04. The van der Waals surface area contributed by atoms with Gasteiger partial charge in [-0.25, -0.2) is 0 Å². The largest absolute Gasteiger partial charge is 0.361 e. The maximum atomic E-state index is 3.38. The summed E-state index contributed by atoms with van der Waals surface area (Å²) in [4.78, 5) is 5.83. The van der Waals surface area contributed by atoms with E-state index < -0.39 is 0 Å². The maximum Gasteiger partial charge on any atom is 0.0460 e. The quantitative estimate of drug-likeness (QED) is 0.879. The van der Waals surface area contributed by atoms with Crippen molar-refractivity contribution in [1.29, 1.82) is 0 Å². The van der Waals surface area contributed by atoms with Crippen molar-refractivity contribution >= 4 is 17.0 Å². The van der Waals surface area contributed by atoms with Gasteiger partial charge in [-0.15, -0.1) is 0 Å². The van der Waals surface area contributed by atoms with Gasteiger partial charge in [-0.1, -0.05) is 30.4 Å². The third-order valence-corrected chi connectivity index (χ3v) is 3.74. The van der Waals surface area contributed by atoms with Crippen molar-refractivity contribution < 1.29 is 0 Å². The molecule has 0 radical (unpaired) electrons. The Balaban J connectivity index is 1.57. The lowest BCUT2D eigenvalue weighted by Crippen LogP contribution is -2.43. The zero-order valence-corrected chi connectivity index (χ0v) is 11.2. The first kappa shape index (κ1) is 12.5. The molecule has 0 bridgehead atoms. The molecule has 0 spiro atoms. The maximum absolute atomic E-state index is 3.38. The minimum Gasteiger partial charge on any atom is -0.361 e. The summed E-state index contributed by atoms with van der Waals surface area (Å²) in [5.41, 5.74) is 2.50. The molecule has 1 aliphatic rings. The van der Waals surface area contributed by atoms with Gasteiger partial charge in [-0.3, -0.25) is 0 Å². The number of aromatic amines is 1. The van der Waals surface area contributed by atoms with Gasteiger partial charge < -0.3 is 15.2 Å².